The van der Waals surface area contributed by atoms with Gasteiger partial charge in [-0.05, 0) is 62.3 Å². The number of carbonyl (C=O) groups is 2. The Balaban J connectivity index is 0.00000456. The summed E-state index contributed by atoms with van der Waals surface area (Å²) in [5, 5.41) is 38.7. The van der Waals surface area contributed by atoms with E-state index < -0.39 is 24.6 Å². The molecule has 0 unspecified atom stereocenters. The number of amides is 1. The van der Waals surface area contributed by atoms with Crippen molar-refractivity contribution in [2.75, 3.05) is 0 Å². The van der Waals surface area contributed by atoms with Crippen LogP contribution in [0.25, 0.3) is 5.69 Å². The van der Waals surface area contributed by atoms with Gasteiger partial charge in [0.2, 0.25) is 0 Å². The second-order valence-corrected chi connectivity index (χ2v) is 9.72. The largest absolute Gasteiger partial charge is 1.00 e. The van der Waals surface area contributed by atoms with Gasteiger partial charge in [-0.3, -0.25) is 4.79 Å². The molecular formula is C26H35FN3NaO5. The quantitative estimate of drug-likeness (QED) is 0.346. The number of hydrogen-bond donors (Lipinski definition) is 3. The predicted molar refractivity (Wildman–Crippen MR) is 127 cm³/mol. The molecule has 1 saturated carbocycles. The Labute approximate surface area is 233 Å². The maximum absolute atomic E-state index is 13.6. The van der Waals surface area contributed by atoms with E-state index >= 15 is 0 Å². The Morgan fingerprint density at radius 3 is 2.36 bits per heavy atom. The van der Waals surface area contributed by atoms with E-state index in [0.717, 1.165) is 31.2 Å². The first-order chi connectivity index (χ1) is 16.7. The van der Waals surface area contributed by atoms with Crippen LogP contribution in [0.3, 0.4) is 0 Å². The van der Waals surface area contributed by atoms with E-state index in [9.17, 15) is 29.3 Å². The average Bonchev–Trinajstić information content (AvgIpc) is 3.18. The first-order valence-corrected chi connectivity index (χ1v) is 12.4. The van der Waals surface area contributed by atoms with Crippen LogP contribution in [-0.4, -0.2) is 50.1 Å². The van der Waals surface area contributed by atoms with Crippen LogP contribution in [0.1, 0.15) is 92.9 Å². The molecule has 1 aromatic carbocycles. The van der Waals surface area contributed by atoms with Crippen molar-refractivity contribution in [3.05, 3.63) is 47.0 Å². The summed E-state index contributed by atoms with van der Waals surface area (Å²) in [7, 11) is 0. The van der Waals surface area contributed by atoms with E-state index in [4.69, 9.17) is 0 Å². The van der Waals surface area contributed by atoms with Crippen molar-refractivity contribution in [2.24, 2.45) is 0 Å². The van der Waals surface area contributed by atoms with Crippen LogP contribution in [0.2, 0.25) is 0 Å². The summed E-state index contributed by atoms with van der Waals surface area (Å²) >= 11 is 0. The van der Waals surface area contributed by atoms with Crippen LogP contribution in [0.4, 0.5) is 4.39 Å². The topological polar surface area (TPSA) is 128 Å². The molecule has 2 aromatic rings. The number of aromatic nitrogens is 2. The smallest absolute Gasteiger partial charge is 0.550 e. The summed E-state index contributed by atoms with van der Waals surface area (Å²) in [6, 6.07) is 5.92. The summed E-state index contributed by atoms with van der Waals surface area (Å²) in [6.45, 7) is 3.93. The first-order valence-electron chi connectivity index (χ1n) is 12.4. The molecule has 0 bridgehead atoms. The predicted octanol–water partition coefficient (Wildman–Crippen LogP) is -0.614. The Morgan fingerprint density at radius 1 is 1.14 bits per heavy atom. The van der Waals surface area contributed by atoms with Gasteiger partial charge in [0.05, 0.1) is 17.9 Å². The van der Waals surface area contributed by atoms with Gasteiger partial charge in [0.1, 0.15) is 5.82 Å². The van der Waals surface area contributed by atoms with Gasteiger partial charge < -0.3 is 25.4 Å². The molecule has 0 spiro atoms. The third-order valence-corrected chi connectivity index (χ3v) is 6.49. The summed E-state index contributed by atoms with van der Waals surface area (Å²) < 4.78 is 15.2. The first kappa shape index (κ1) is 30.4. The Morgan fingerprint density at radius 2 is 1.78 bits per heavy atom. The third-order valence-electron chi connectivity index (χ3n) is 6.49. The normalized spacial score (nSPS) is 15.8. The van der Waals surface area contributed by atoms with Crippen LogP contribution in [0.15, 0.2) is 24.3 Å². The number of nitrogens with one attached hydrogen (secondary N) is 1. The monoisotopic (exact) mass is 511 g/mol. The van der Waals surface area contributed by atoms with Crippen molar-refractivity contribution in [1.29, 1.82) is 0 Å². The summed E-state index contributed by atoms with van der Waals surface area (Å²) in [5.41, 5.74) is 2.38. The number of benzene rings is 1. The molecule has 1 aliphatic rings. The summed E-state index contributed by atoms with van der Waals surface area (Å²) in [5.74, 6) is -2.06. The molecule has 192 valence electrons. The van der Waals surface area contributed by atoms with Crippen molar-refractivity contribution >= 4 is 11.9 Å². The second-order valence-electron chi connectivity index (χ2n) is 9.72. The van der Waals surface area contributed by atoms with E-state index in [1.54, 1.807) is 16.8 Å². The van der Waals surface area contributed by atoms with Gasteiger partial charge in [-0.2, -0.15) is 5.10 Å². The fourth-order valence-electron chi connectivity index (χ4n) is 4.79. The number of carboxylic acids is 1. The molecule has 3 N–H and O–H groups in total. The van der Waals surface area contributed by atoms with Crippen molar-refractivity contribution in [2.45, 2.75) is 95.8 Å². The molecule has 1 heterocycles. The van der Waals surface area contributed by atoms with Crippen LogP contribution < -0.4 is 40.0 Å². The number of carbonyl (C=O) groups excluding carboxylic acids is 2. The van der Waals surface area contributed by atoms with Gasteiger partial charge >= 0.3 is 29.6 Å². The van der Waals surface area contributed by atoms with E-state index in [1.165, 1.54) is 18.6 Å². The molecule has 8 nitrogen and oxygen atoms in total. The SMILES string of the molecule is CC(C)c1c(C(=O)NC2CCCCC2)nn(-c2ccc(F)cc2)c1CC[C@@H](O)C[C@@H](O)CC(=O)[O-].[Na+]. The van der Waals surface area contributed by atoms with Gasteiger partial charge in [0, 0.05) is 29.7 Å². The molecule has 3 rings (SSSR count). The molecule has 1 amide bonds. The maximum Gasteiger partial charge on any atom is 1.00 e. The molecule has 1 fully saturated rings. The zero-order valence-electron chi connectivity index (χ0n) is 21.4. The van der Waals surface area contributed by atoms with Gasteiger partial charge in [0.15, 0.2) is 5.69 Å². The minimum absolute atomic E-state index is 0. The third kappa shape index (κ3) is 8.38. The molecule has 1 aliphatic carbocycles. The minimum Gasteiger partial charge on any atom is -0.550 e. The Bertz CT molecular complexity index is 1010. The van der Waals surface area contributed by atoms with E-state index in [-0.39, 0.29) is 66.1 Å². The van der Waals surface area contributed by atoms with Gasteiger partial charge in [-0.15, -0.1) is 0 Å². The van der Waals surface area contributed by atoms with E-state index in [0.29, 0.717) is 23.5 Å². The van der Waals surface area contributed by atoms with Crippen molar-refractivity contribution in [1.82, 2.24) is 15.1 Å². The number of halogens is 1. The number of nitrogens with zero attached hydrogens (tertiary/aromatic N) is 2. The summed E-state index contributed by atoms with van der Waals surface area (Å²) in [4.78, 5) is 24.0. The number of aliphatic carboxylic acids is 1. The maximum atomic E-state index is 13.6. The van der Waals surface area contributed by atoms with Crippen molar-refractivity contribution in [3.63, 3.8) is 0 Å². The molecular weight excluding hydrogens is 476 g/mol. The van der Waals surface area contributed by atoms with Crippen LogP contribution in [0, 0.1) is 5.82 Å². The van der Waals surface area contributed by atoms with E-state index in [1.807, 2.05) is 13.8 Å². The van der Waals surface area contributed by atoms with Gasteiger partial charge in [0.25, 0.3) is 5.91 Å². The van der Waals surface area contributed by atoms with Crippen molar-refractivity contribution in [3.8, 4) is 5.69 Å². The van der Waals surface area contributed by atoms with Crippen LogP contribution in [0.5, 0.6) is 0 Å². The molecule has 0 radical (unpaired) electrons. The zero-order valence-corrected chi connectivity index (χ0v) is 23.4. The van der Waals surface area contributed by atoms with Crippen LogP contribution in [-0.2, 0) is 11.2 Å². The van der Waals surface area contributed by atoms with E-state index in [2.05, 4.69) is 10.4 Å². The van der Waals surface area contributed by atoms with Crippen LogP contribution >= 0.6 is 0 Å². The molecule has 36 heavy (non-hydrogen) atoms. The molecule has 0 saturated heterocycles. The second kappa shape index (κ2) is 14.2. The minimum atomic E-state index is -1.38. The molecule has 0 aliphatic heterocycles. The number of carboxylic acid groups (broad SMARTS) is 1. The zero-order chi connectivity index (χ0) is 25.5. The number of aliphatic hydroxyl groups excluding tert-OH is 2. The number of aliphatic hydroxyl groups is 2. The Kier molecular flexibility index (Phi) is 12.0. The molecule has 1 aromatic heterocycles. The van der Waals surface area contributed by atoms with Gasteiger partial charge in [-0.1, -0.05) is 33.1 Å². The number of rotatable bonds is 11. The molecule has 10 heteroatoms. The fourth-order valence-corrected chi connectivity index (χ4v) is 4.79. The number of hydrogen-bond acceptors (Lipinski definition) is 6. The Hall–Kier alpha value is -1.78. The summed E-state index contributed by atoms with van der Waals surface area (Å²) in [6.07, 6.45) is 2.94. The average molecular weight is 512 g/mol. The van der Waals surface area contributed by atoms with Gasteiger partial charge in [-0.25, -0.2) is 9.07 Å². The molecule has 2 atom stereocenters. The van der Waals surface area contributed by atoms with Crippen molar-refractivity contribution < 1.29 is 58.9 Å². The fraction of sp³-hybridized carbons (Fsp3) is 0.577. The standard InChI is InChI=1S/C26H36FN3O5.Na/c1-16(2)24-22(13-12-20(31)14-21(32)15-23(33)34)30(19-10-8-17(27)9-11-19)29-25(24)26(35)28-18-6-4-3-5-7-18;/h8-11,16,18,20-21,31-32H,3-7,12-15H2,1-2H3,(H,28,35)(H,33,34);/q;+1/p-1/t20-,21-;/m1./s1.